The lowest BCUT2D eigenvalue weighted by molar-refractivity contribution is -0.138. The lowest BCUT2D eigenvalue weighted by Gasteiger charge is -2.16. The normalized spacial score (nSPS) is 12.1. The summed E-state index contributed by atoms with van der Waals surface area (Å²) in [5, 5.41) is 11.9. The van der Waals surface area contributed by atoms with E-state index < -0.39 is 17.8 Å². The number of halogens is 1. The van der Waals surface area contributed by atoms with Crippen molar-refractivity contribution in [2.24, 2.45) is 0 Å². The van der Waals surface area contributed by atoms with Gasteiger partial charge in [-0.05, 0) is 18.6 Å². The summed E-state index contributed by atoms with van der Waals surface area (Å²) in [6.45, 7) is 2.14. The lowest BCUT2D eigenvalue weighted by Crippen LogP contribution is -2.29. The summed E-state index contributed by atoms with van der Waals surface area (Å²) in [6.07, 6.45) is 5.86. The van der Waals surface area contributed by atoms with E-state index in [2.05, 4.69) is 12.2 Å². The minimum absolute atomic E-state index is 0.253. The Hall–Kier alpha value is -1.58. The predicted molar refractivity (Wildman–Crippen MR) is 74.8 cm³/mol. The third-order valence-corrected chi connectivity index (χ3v) is 3.10. The van der Waals surface area contributed by atoms with E-state index in [-0.39, 0.29) is 5.69 Å². The number of carboxylic acid groups (broad SMARTS) is 1. The molecule has 2 N–H and O–H groups in total. The third kappa shape index (κ3) is 5.73. The number of benzene rings is 1. The number of rotatable bonds is 9. The highest BCUT2D eigenvalue weighted by Crippen LogP contribution is 2.16. The Morgan fingerprint density at radius 3 is 2.58 bits per heavy atom. The molecule has 4 heteroatoms. The molecule has 0 aliphatic carbocycles. The molecule has 0 heterocycles. The Morgan fingerprint density at radius 2 is 1.95 bits per heavy atom. The fraction of sp³-hybridized carbons (Fsp3) is 0.533. The summed E-state index contributed by atoms with van der Waals surface area (Å²) < 4.78 is 13.4. The number of carboxylic acids is 1. The van der Waals surface area contributed by atoms with Crippen molar-refractivity contribution < 1.29 is 14.3 Å². The monoisotopic (exact) mass is 267 g/mol. The third-order valence-electron chi connectivity index (χ3n) is 3.10. The molecule has 1 aromatic carbocycles. The van der Waals surface area contributed by atoms with E-state index >= 15 is 0 Å². The van der Waals surface area contributed by atoms with Crippen LogP contribution in [0.2, 0.25) is 0 Å². The zero-order chi connectivity index (χ0) is 14.1. The van der Waals surface area contributed by atoms with Gasteiger partial charge in [-0.15, -0.1) is 0 Å². The van der Waals surface area contributed by atoms with E-state index in [4.69, 9.17) is 5.11 Å². The fourth-order valence-corrected chi connectivity index (χ4v) is 1.98. The summed E-state index contributed by atoms with van der Waals surface area (Å²) in [4.78, 5) is 11.2. The first-order chi connectivity index (χ1) is 9.15. The lowest BCUT2D eigenvalue weighted by atomic mass is 10.1. The molecule has 0 saturated carbocycles. The number of unbranched alkanes of at least 4 members (excludes halogenated alkanes) is 4. The van der Waals surface area contributed by atoms with Gasteiger partial charge in [-0.25, -0.2) is 9.18 Å². The van der Waals surface area contributed by atoms with E-state index in [1.807, 2.05) is 0 Å². The first-order valence-corrected chi connectivity index (χ1v) is 6.89. The van der Waals surface area contributed by atoms with Crippen LogP contribution in [0.3, 0.4) is 0 Å². The fourth-order valence-electron chi connectivity index (χ4n) is 1.98. The van der Waals surface area contributed by atoms with E-state index in [0.29, 0.717) is 6.42 Å². The number of hydrogen-bond donors (Lipinski definition) is 2. The topological polar surface area (TPSA) is 49.3 Å². The Balaban J connectivity index is 2.45. The molecular weight excluding hydrogens is 245 g/mol. The summed E-state index contributed by atoms with van der Waals surface area (Å²) in [6, 6.07) is 5.43. The highest BCUT2D eigenvalue weighted by molar-refractivity contribution is 5.77. The van der Waals surface area contributed by atoms with Crippen molar-refractivity contribution >= 4 is 11.7 Å². The van der Waals surface area contributed by atoms with Gasteiger partial charge in [0.05, 0.1) is 5.69 Å². The average molecular weight is 267 g/mol. The second-order valence-corrected chi connectivity index (χ2v) is 4.72. The van der Waals surface area contributed by atoms with Crippen LogP contribution in [-0.2, 0) is 4.79 Å². The van der Waals surface area contributed by atoms with Gasteiger partial charge in [0, 0.05) is 0 Å². The summed E-state index contributed by atoms with van der Waals surface area (Å²) in [5.41, 5.74) is 0.253. The van der Waals surface area contributed by atoms with Crippen molar-refractivity contribution in [1.29, 1.82) is 0 Å². The highest BCUT2D eigenvalue weighted by atomic mass is 19.1. The van der Waals surface area contributed by atoms with Crippen LogP contribution in [0.5, 0.6) is 0 Å². The Kier molecular flexibility index (Phi) is 6.93. The van der Waals surface area contributed by atoms with E-state index in [0.717, 1.165) is 25.7 Å². The molecule has 0 radical (unpaired) electrons. The van der Waals surface area contributed by atoms with E-state index in [9.17, 15) is 9.18 Å². The molecule has 1 atom stereocenters. The Labute approximate surface area is 113 Å². The van der Waals surface area contributed by atoms with Crippen LogP contribution >= 0.6 is 0 Å². The van der Waals surface area contributed by atoms with Crippen molar-refractivity contribution in [3.05, 3.63) is 30.1 Å². The molecule has 0 aromatic heterocycles. The van der Waals surface area contributed by atoms with E-state index in [1.165, 1.54) is 12.5 Å². The maximum Gasteiger partial charge on any atom is 0.326 e. The van der Waals surface area contributed by atoms with Gasteiger partial charge in [0.25, 0.3) is 0 Å². The maximum atomic E-state index is 13.4. The first kappa shape index (κ1) is 15.5. The smallest absolute Gasteiger partial charge is 0.326 e. The molecule has 0 bridgehead atoms. The van der Waals surface area contributed by atoms with Crippen LogP contribution in [0.15, 0.2) is 24.3 Å². The molecule has 106 valence electrons. The van der Waals surface area contributed by atoms with Gasteiger partial charge in [-0.3, -0.25) is 0 Å². The zero-order valence-electron chi connectivity index (χ0n) is 11.4. The van der Waals surface area contributed by atoms with Crippen molar-refractivity contribution in [2.75, 3.05) is 5.32 Å². The SMILES string of the molecule is CCCCCCCC(Nc1ccccc1F)C(=O)O. The van der Waals surface area contributed by atoms with Gasteiger partial charge < -0.3 is 10.4 Å². The summed E-state index contributed by atoms with van der Waals surface area (Å²) >= 11 is 0. The molecule has 19 heavy (non-hydrogen) atoms. The van der Waals surface area contributed by atoms with Crippen molar-refractivity contribution in [1.82, 2.24) is 0 Å². The van der Waals surface area contributed by atoms with Crippen LogP contribution < -0.4 is 5.32 Å². The van der Waals surface area contributed by atoms with Crippen LogP contribution in [0.4, 0.5) is 10.1 Å². The number of nitrogens with one attached hydrogen (secondary N) is 1. The van der Waals surface area contributed by atoms with Crippen molar-refractivity contribution in [3.63, 3.8) is 0 Å². The van der Waals surface area contributed by atoms with Crippen LogP contribution in [-0.4, -0.2) is 17.1 Å². The minimum Gasteiger partial charge on any atom is -0.480 e. The summed E-state index contributed by atoms with van der Waals surface area (Å²) in [7, 11) is 0. The Bertz CT molecular complexity index is 395. The van der Waals surface area contributed by atoms with Crippen molar-refractivity contribution in [3.8, 4) is 0 Å². The molecule has 0 spiro atoms. The maximum absolute atomic E-state index is 13.4. The molecule has 0 fully saturated rings. The predicted octanol–water partition coefficient (Wildman–Crippen LogP) is 4.05. The molecule has 1 aromatic rings. The second kappa shape index (κ2) is 8.51. The minimum atomic E-state index is -0.932. The molecular formula is C15H22FNO2. The number of hydrogen-bond acceptors (Lipinski definition) is 2. The molecule has 0 amide bonds. The molecule has 1 rings (SSSR count). The van der Waals surface area contributed by atoms with Gasteiger partial charge in [-0.2, -0.15) is 0 Å². The van der Waals surface area contributed by atoms with Crippen LogP contribution in [0.1, 0.15) is 45.4 Å². The van der Waals surface area contributed by atoms with Crippen molar-refractivity contribution in [2.45, 2.75) is 51.5 Å². The standard InChI is InChI=1S/C15H22FNO2/c1-2-3-4-5-6-11-14(15(18)19)17-13-10-8-7-9-12(13)16/h7-10,14,17H,2-6,11H2,1H3,(H,18,19). The van der Waals surface area contributed by atoms with E-state index in [1.54, 1.807) is 18.2 Å². The molecule has 0 aliphatic heterocycles. The van der Waals surface area contributed by atoms with Crippen LogP contribution in [0, 0.1) is 5.82 Å². The zero-order valence-corrected chi connectivity index (χ0v) is 11.4. The van der Waals surface area contributed by atoms with Gasteiger partial charge in [0.2, 0.25) is 0 Å². The number of anilines is 1. The molecule has 0 saturated heterocycles. The van der Waals surface area contributed by atoms with Crippen LogP contribution in [0.25, 0.3) is 0 Å². The largest absolute Gasteiger partial charge is 0.480 e. The Morgan fingerprint density at radius 1 is 1.26 bits per heavy atom. The quantitative estimate of drug-likeness (QED) is 0.663. The van der Waals surface area contributed by atoms with Gasteiger partial charge in [0.15, 0.2) is 0 Å². The first-order valence-electron chi connectivity index (χ1n) is 6.89. The highest BCUT2D eigenvalue weighted by Gasteiger charge is 2.17. The van der Waals surface area contributed by atoms with Gasteiger partial charge in [0.1, 0.15) is 11.9 Å². The van der Waals surface area contributed by atoms with Gasteiger partial charge >= 0.3 is 5.97 Å². The molecule has 3 nitrogen and oxygen atoms in total. The molecule has 1 unspecified atom stereocenters. The second-order valence-electron chi connectivity index (χ2n) is 4.72. The number of carbonyl (C=O) groups is 1. The average Bonchev–Trinajstić information content (AvgIpc) is 2.39. The summed E-state index contributed by atoms with van der Waals surface area (Å²) in [5.74, 6) is -1.35. The molecule has 0 aliphatic rings. The number of aliphatic carboxylic acids is 1. The number of para-hydroxylation sites is 1. The van der Waals surface area contributed by atoms with Gasteiger partial charge in [-0.1, -0.05) is 51.2 Å².